The lowest BCUT2D eigenvalue weighted by molar-refractivity contribution is 0.412. The molecule has 20 heavy (non-hydrogen) atoms. The summed E-state index contributed by atoms with van der Waals surface area (Å²) in [5.41, 5.74) is 3.86. The largest absolute Gasteiger partial charge is 0.497 e. The smallest absolute Gasteiger partial charge is 0.119 e. The van der Waals surface area contributed by atoms with E-state index in [1.165, 1.54) is 16.7 Å². The van der Waals surface area contributed by atoms with Gasteiger partial charge in [0.25, 0.3) is 0 Å². The second-order valence-electron chi connectivity index (χ2n) is 5.30. The zero-order valence-electron chi connectivity index (χ0n) is 12.7. The Balaban J connectivity index is 2.08. The number of benzene rings is 2. The van der Waals surface area contributed by atoms with Crippen LogP contribution in [0.1, 0.15) is 42.6 Å². The fourth-order valence-corrected chi connectivity index (χ4v) is 2.42. The Kier molecular flexibility index (Phi) is 4.80. The van der Waals surface area contributed by atoms with Gasteiger partial charge in [0, 0.05) is 12.1 Å². The van der Waals surface area contributed by atoms with Gasteiger partial charge in [-0.2, -0.15) is 0 Å². The quantitative estimate of drug-likeness (QED) is 0.867. The van der Waals surface area contributed by atoms with Crippen molar-refractivity contribution in [1.29, 1.82) is 0 Å². The summed E-state index contributed by atoms with van der Waals surface area (Å²) in [4.78, 5) is 0. The molecule has 0 heterocycles. The molecule has 0 bridgehead atoms. The molecule has 2 aromatic carbocycles. The molecule has 0 aromatic heterocycles. The SMILES string of the molecule is COc1cccc(C(C)N[C@H](C)c2cccc(C)c2)c1. The second kappa shape index (κ2) is 6.58. The molecule has 0 radical (unpaired) electrons. The summed E-state index contributed by atoms with van der Waals surface area (Å²) < 4.78 is 5.28. The minimum atomic E-state index is 0.278. The van der Waals surface area contributed by atoms with Crippen molar-refractivity contribution in [2.75, 3.05) is 7.11 Å². The van der Waals surface area contributed by atoms with Crippen molar-refractivity contribution >= 4 is 0 Å². The van der Waals surface area contributed by atoms with Gasteiger partial charge in [-0.1, -0.05) is 42.0 Å². The van der Waals surface area contributed by atoms with Crippen molar-refractivity contribution in [2.45, 2.75) is 32.9 Å². The molecule has 0 aliphatic rings. The predicted molar refractivity (Wildman–Crippen MR) is 84.1 cm³/mol. The second-order valence-corrected chi connectivity index (χ2v) is 5.30. The van der Waals surface area contributed by atoms with E-state index in [1.54, 1.807) is 7.11 Å². The first-order valence-electron chi connectivity index (χ1n) is 7.06. The lowest BCUT2D eigenvalue weighted by Gasteiger charge is -2.21. The van der Waals surface area contributed by atoms with Gasteiger partial charge in [-0.05, 0) is 44.0 Å². The molecule has 2 aromatic rings. The highest BCUT2D eigenvalue weighted by atomic mass is 16.5. The highest BCUT2D eigenvalue weighted by Gasteiger charge is 2.11. The fourth-order valence-electron chi connectivity index (χ4n) is 2.42. The number of rotatable bonds is 5. The molecule has 0 spiro atoms. The maximum absolute atomic E-state index is 5.28. The highest BCUT2D eigenvalue weighted by molar-refractivity contribution is 5.31. The van der Waals surface area contributed by atoms with Crippen LogP contribution in [-0.2, 0) is 0 Å². The van der Waals surface area contributed by atoms with Gasteiger partial charge in [0.05, 0.1) is 7.11 Å². The monoisotopic (exact) mass is 269 g/mol. The molecular formula is C18H23NO. The van der Waals surface area contributed by atoms with Crippen molar-refractivity contribution in [3.8, 4) is 5.75 Å². The Morgan fingerprint density at radius 1 is 0.900 bits per heavy atom. The molecule has 106 valence electrons. The molecule has 1 N–H and O–H groups in total. The van der Waals surface area contributed by atoms with Crippen LogP contribution >= 0.6 is 0 Å². The summed E-state index contributed by atoms with van der Waals surface area (Å²) in [6.07, 6.45) is 0. The van der Waals surface area contributed by atoms with Crippen LogP contribution in [0.15, 0.2) is 48.5 Å². The third kappa shape index (κ3) is 3.61. The van der Waals surface area contributed by atoms with Crippen LogP contribution < -0.4 is 10.1 Å². The van der Waals surface area contributed by atoms with Crippen LogP contribution in [0.4, 0.5) is 0 Å². The van der Waals surface area contributed by atoms with E-state index in [0.717, 1.165) is 5.75 Å². The molecule has 0 saturated heterocycles. The third-order valence-corrected chi connectivity index (χ3v) is 3.64. The number of hydrogen-bond acceptors (Lipinski definition) is 2. The van der Waals surface area contributed by atoms with E-state index < -0.39 is 0 Å². The molecular weight excluding hydrogens is 246 g/mol. The highest BCUT2D eigenvalue weighted by Crippen LogP contribution is 2.22. The average Bonchev–Trinajstić information content (AvgIpc) is 2.47. The molecule has 2 atom stereocenters. The Bertz CT molecular complexity index is 565. The molecule has 0 saturated carbocycles. The van der Waals surface area contributed by atoms with Crippen LogP contribution in [0.5, 0.6) is 5.75 Å². The average molecular weight is 269 g/mol. The van der Waals surface area contributed by atoms with Crippen LogP contribution in [0.2, 0.25) is 0 Å². The Labute approximate surface area is 121 Å². The van der Waals surface area contributed by atoms with Gasteiger partial charge in [0.1, 0.15) is 5.75 Å². The topological polar surface area (TPSA) is 21.3 Å². The molecule has 1 unspecified atom stereocenters. The molecule has 2 heteroatoms. The first-order valence-corrected chi connectivity index (χ1v) is 7.06. The maximum atomic E-state index is 5.28. The van der Waals surface area contributed by atoms with Gasteiger partial charge in [-0.25, -0.2) is 0 Å². The summed E-state index contributed by atoms with van der Waals surface area (Å²) in [6, 6.07) is 17.4. The van der Waals surface area contributed by atoms with Crippen molar-refractivity contribution in [1.82, 2.24) is 5.32 Å². The molecule has 0 aliphatic heterocycles. The van der Waals surface area contributed by atoms with E-state index in [4.69, 9.17) is 4.74 Å². The number of methoxy groups -OCH3 is 1. The summed E-state index contributed by atoms with van der Waals surface area (Å²) in [6.45, 7) is 6.51. The van der Waals surface area contributed by atoms with E-state index in [2.05, 4.69) is 62.5 Å². The Morgan fingerprint density at radius 3 is 2.10 bits per heavy atom. The summed E-state index contributed by atoms with van der Waals surface area (Å²) in [5, 5.41) is 3.64. The van der Waals surface area contributed by atoms with Crippen molar-refractivity contribution in [2.24, 2.45) is 0 Å². The third-order valence-electron chi connectivity index (χ3n) is 3.64. The zero-order valence-corrected chi connectivity index (χ0v) is 12.7. The minimum Gasteiger partial charge on any atom is -0.497 e. The lowest BCUT2D eigenvalue weighted by atomic mass is 10.0. The van der Waals surface area contributed by atoms with E-state index in [0.29, 0.717) is 6.04 Å². The lowest BCUT2D eigenvalue weighted by Crippen LogP contribution is -2.22. The normalized spacial score (nSPS) is 13.8. The number of nitrogens with one attached hydrogen (secondary N) is 1. The van der Waals surface area contributed by atoms with E-state index in [1.807, 2.05) is 12.1 Å². The summed E-state index contributed by atoms with van der Waals surface area (Å²) >= 11 is 0. The van der Waals surface area contributed by atoms with E-state index >= 15 is 0 Å². The van der Waals surface area contributed by atoms with Crippen molar-refractivity contribution in [3.63, 3.8) is 0 Å². The molecule has 0 amide bonds. The van der Waals surface area contributed by atoms with E-state index in [-0.39, 0.29) is 6.04 Å². The Morgan fingerprint density at radius 2 is 1.50 bits per heavy atom. The van der Waals surface area contributed by atoms with Gasteiger partial charge in [-0.3, -0.25) is 0 Å². The fraction of sp³-hybridized carbons (Fsp3) is 0.333. The molecule has 2 nitrogen and oxygen atoms in total. The van der Waals surface area contributed by atoms with Gasteiger partial charge in [-0.15, -0.1) is 0 Å². The van der Waals surface area contributed by atoms with Crippen molar-refractivity contribution in [3.05, 3.63) is 65.2 Å². The van der Waals surface area contributed by atoms with Gasteiger partial charge in [0.15, 0.2) is 0 Å². The minimum absolute atomic E-state index is 0.278. The number of aryl methyl sites for hydroxylation is 1. The zero-order chi connectivity index (χ0) is 14.5. The van der Waals surface area contributed by atoms with E-state index in [9.17, 15) is 0 Å². The number of ether oxygens (including phenoxy) is 1. The van der Waals surface area contributed by atoms with Gasteiger partial charge >= 0.3 is 0 Å². The molecule has 0 fully saturated rings. The first kappa shape index (κ1) is 14.6. The first-order chi connectivity index (χ1) is 9.60. The van der Waals surface area contributed by atoms with Crippen LogP contribution in [0.25, 0.3) is 0 Å². The van der Waals surface area contributed by atoms with Gasteiger partial charge in [0.2, 0.25) is 0 Å². The summed E-state index contributed by atoms with van der Waals surface area (Å²) in [5.74, 6) is 0.902. The standard InChI is InChI=1S/C18H23NO/c1-13-7-5-8-16(11-13)14(2)19-15(3)17-9-6-10-18(12-17)20-4/h5-12,14-15,19H,1-4H3/t14-,15?/m1/s1. The van der Waals surface area contributed by atoms with Crippen LogP contribution in [-0.4, -0.2) is 7.11 Å². The van der Waals surface area contributed by atoms with Crippen LogP contribution in [0, 0.1) is 6.92 Å². The Hall–Kier alpha value is -1.80. The van der Waals surface area contributed by atoms with Crippen molar-refractivity contribution < 1.29 is 4.74 Å². The molecule has 0 aliphatic carbocycles. The summed E-state index contributed by atoms with van der Waals surface area (Å²) in [7, 11) is 1.70. The maximum Gasteiger partial charge on any atom is 0.119 e. The van der Waals surface area contributed by atoms with Gasteiger partial charge < -0.3 is 10.1 Å². The predicted octanol–water partition coefficient (Wildman–Crippen LogP) is 4.42. The number of hydrogen-bond donors (Lipinski definition) is 1. The van der Waals surface area contributed by atoms with Crippen LogP contribution in [0.3, 0.4) is 0 Å². The molecule has 2 rings (SSSR count).